The average molecular weight is 170 g/mol. The molecule has 12 heavy (non-hydrogen) atoms. The van der Waals surface area contributed by atoms with Crippen molar-refractivity contribution in [1.29, 1.82) is 0 Å². The molecule has 1 aromatic rings. The Morgan fingerprint density at radius 2 is 2.25 bits per heavy atom. The van der Waals surface area contributed by atoms with Crippen LogP contribution < -0.4 is 11.2 Å². The molecule has 0 saturated carbocycles. The number of hydrogen-bond acceptors (Lipinski definition) is 3. The van der Waals surface area contributed by atoms with Crippen molar-refractivity contribution in [2.75, 3.05) is 6.61 Å². The molecule has 5 nitrogen and oxygen atoms in total. The Morgan fingerprint density at radius 3 is 2.75 bits per heavy atom. The van der Waals surface area contributed by atoms with E-state index in [1.807, 2.05) is 0 Å². The van der Waals surface area contributed by atoms with E-state index in [1.165, 1.54) is 6.07 Å². The van der Waals surface area contributed by atoms with E-state index in [1.54, 1.807) is 6.92 Å². The summed E-state index contributed by atoms with van der Waals surface area (Å²) in [6.07, 6.45) is 0. The number of nitrogens with one attached hydrogen (secondary N) is 1. The van der Waals surface area contributed by atoms with Gasteiger partial charge in [-0.15, -0.1) is 0 Å². The third-order valence-electron chi connectivity index (χ3n) is 1.48. The van der Waals surface area contributed by atoms with Gasteiger partial charge in [0.1, 0.15) is 0 Å². The number of aliphatic hydroxyl groups excluding tert-OH is 1. The Kier molecular flexibility index (Phi) is 2.44. The molecule has 0 atom stereocenters. The molecule has 0 fully saturated rings. The van der Waals surface area contributed by atoms with Gasteiger partial charge >= 0.3 is 5.69 Å². The Hall–Kier alpha value is -1.36. The Morgan fingerprint density at radius 1 is 1.58 bits per heavy atom. The number of aromatic amines is 1. The van der Waals surface area contributed by atoms with Crippen molar-refractivity contribution in [3.63, 3.8) is 0 Å². The van der Waals surface area contributed by atoms with E-state index < -0.39 is 5.69 Å². The highest BCUT2D eigenvalue weighted by Crippen LogP contribution is 1.78. The second-order valence-corrected chi connectivity index (χ2v) is 2.47. The molecule has 66 valence electrons. The van der Waals surface area contributed by atoms with Crippen LogP contribution in [0.3, 0.4) is 0 Å². The molecule has 1 rings (SSSR count). The lowest BCUT2D eigenvalue weighted by atomic mass is 10.4. The molecule has 0 unspecified atom stereocenters. The summed E-state index contributed by atoms with van der Waals surface area (Å²) in [5, 5.41) is 8.53. The highest BCUT2D eigenvalue weighted by Gasteiger charge is 1.99. The lowest BCUT2D eigenvalue weighted by Crippen LogP contribution is -2.35. The summed E-state index contributed by atoms with van der Waals surface area (Å²) >= 11 is 0. The summed E-state index contributed by atoms with van der Waals surface area (Å²) in [7, 11) is 0. The molecule has 5 heteroatoms. The second kappa shape index (κ2) is 3.36. The highest BCUT2D eigenvalue weighted by molar-refractivity contribution is 4.96. The van der Waals surface area contributed by atoms with Crippen LogP contribution in [0.5, 0.6) is 0 Å². The van der Waals surface area contributed by atoms with E-state index in [9.17, 15) is 9.59 Å². The second-order valence-electron chi connectivity index (χ2n) is 2.47. The van der Waals surface area contributed by atoms with E-state index in [0.29, 0.717) is 5.69 Å². The van der Waals surface area contributed by atoms with Gasteiger partial charge in [-0.05, 0) is 6.92 Å². The van der Waals surface area contributed by atoms with Crippen molar-refractivity contribution in [3.05, 3.63) is 32.6 Å². The van der Waals surface area contributed by atoms with Crippen LogP contribution in [-0.4, -0.2) is 21.3 Å². The topological polar surface area (TPSA) is 75.1 Å². The third kappa shape index (κ3) is 1.62. The zero-order valence-electron chi connectivity index (χ0n) is 6.70. The van der Waals surface area contributed by atoms with Gasteiger partial charge in [-0.2, -0.15) is 0 Å². The van der Waals surface area contributed by atoms with Crippen molar-refractivity contribution in [2.45, 2.75) is 13.5 Å². The van der Waals surface area contributed by atoms with Gasteiger partial charge < -0.3 is 10.1 Å². The first-order chi connectivity index (χ1) is 5.65. The summed E-state index contributed by atoms with van der Waals surface area (Å²) in [6.45, 7) is 1.45. The van der Waals surface area contributed by atoms with Crippen LogP contribution in [0, 0.1) is 6.92 Å². The molecule has 1 heterocycles. The van der Waals surface area contributed by atoms with Crippen LogP contribution in [-0.2, 0) is 6.54 Å². The fourth-order valence-corrected chi connectivity index (χ4v) is 0.947. The first kappa shape index (κ1) is 8.73. The molecule has 0 radical (unpaired) electrons. The van der Waals surface area contributed by atoms with Crippen LogP contribution in [0.25, 0.3) is 0 Å². The monoisotopic (exact) mass is 170 g/mol. The Labute approximate surface area is 68.3 Å². The van der Waals surface area contributed by atoms with E-state index in [0.717, 1.165) is 4.57 Å². The largest absolute Gasteiger partial charge is 0.395 e. The minimum atomic E-state index is -0.478. The van der Waals surface area contributed by atoms with Crippen LogP contribution >= 0.6 is 0 Å². The number of hydrogen-bond donors (Lipinski definition) is 2. The van der Waals surface area contributed by atoms with Crippen LogP contribution in [0.4, 0.5) is 0 Å². The number of rotatable bonds is 2. The molecule has 0 bridgehead atoms. The Balaban J connectivity index is 3.29. The number of aliphatic hydroxyl groups is 1. The van der Waals surface area contributed by atoms with Crippen molar-refractivity contribution in [1.82, 2.24) is 9.55 Å². The summed E-state index contributed by atoms with van der Waals surface area (Å²) in [6, 6.07) is 1.32. The predicted molar refractivity (Wildman–Crippen MR) is 43.1 cm³/mol. The maximum absolute atomic E-state index is 11.1. The first-order valence-corrected chi connectivity index (χ1v) is 3.57. The fraction of sp³-hybridized carbons (Fsp3) is 0.429. The van der Waals surface area contributed by atoms with Crippen molar-refractivity contribution in [2.24, 2.45) is 0 Å². The SMILES string of the molecule is Cc1cc(=O)n(CCO)c(=O)[nH]1. The fourth-order valence-electron chi connectivity index (χ4n) is 0.947. The maximum Gasteiger partial charge on any atom is 0.328 e. The lowest BCUT2D eigenvalue weighted by Gasteiger charge is -2.00. The number of aryl methyl sites for hydroxylation is 1. The molecule has 2 N–H and O–H groups in total. The van der Waals surface area contributed by atoms with Gasteiger partial charge in [0.15, 0.2) is 0 Å². The van der Waals surface area contributed by atoms with Gasteiger partial charge in [-0.1, -0.05) is 0 Å². The normalized spacial score (nSPS) is 10.2. The van der Waals surface area contributed by atoms with Gasteiger partial charge in [0.25, 0.3) is 5.56 Å². The van der Waals surface area contributed by atoms with E-state index in [2.05, 4.69) is 4.98 Å². The van der Waals surface area contributed by atoms with Crippen LogP contribution in [0.15, 0.2) is 15.7 Å². The van der Waals surface area contributed by atoms with Crippen LogP contribution in [0.2, 0.25) is 0 Å². The number of aromatic nitrogens is 2. The van der Waals surface area contributed by atoms with Gasteiger partial charge in [0, 0.05) is 11.8 Å². The quantitative estimate of drug-likeness (QED) is 0.587. The molecule has 1 aromatic heterocycles. The van der Waals surface area contributed by atoms with Gasteiger partial charge in [-0.25, -0.2) is 4.79 Å². The summed E-state index contributed by atoms with van der Waals surface area (Å²) in [5.74, 6) is 0. The van der Waals surface area contributed by atoms with E-state index in [-0.39, 0.29) is 18.7 Å². The summed E-state index contributed by atoms with van der Waals surface area (Å²) in [4.78, 5) is 24.6. The maximum atomic E-state index is 11.1. The van der Waals surface area contributed by atoms with Crippen LogP contribution in [0.1, 0.15) is 5.69 Å². The van der Waals surface area contributed by atoms with Gasteiger partial charge in [0.05, 0.1) is 13.2 Å². The van der Waals surface area contributed by atoms with Gasteiger partial charge in [0.2, 0.25) is 0 Å². The standard InChI is InChI=1S/C7H10N2O3/c1-5-4-6(11)9(2-3-10)7(12)8-5/h4,10H,2-3H2,1H3,(H,8,12). The first-order valence-electron chi connectivity index (χ1n) is 3.57. The molecule has 0 aliphatic heterocycles. The third-order valence-corrected chi connectivity index (χ3v) is 1.48. The molecule has 0 aromatic carbocycles. The Bertz CT molecular complexity index is 346. The molecular formula is C7H10N2O3. The molecule has 0 aliphatic rings. The van der Waals surface area contributed by atoms with E-state index in [4.69, 9.17) is 5.11 Å². The zero-order chi connectivity index (χ0) is 9.14. The summed E-state index contributed by atoms with van der Waals surface area (Å²) in [5.41, 5.74) is -0.335. The lowest BCUT2D eigenvalue weighted by molar-refractivity contribution is 0.271. The predicted octanol–water partition coefficient (Wildman–Crippen LogP) is -1.16. The number of nitrogens with zero attached hydrogens (tertiary/aromatic N) is 1. The molecular weight excluding hydrogens is 160 g/mol. The van der Waals surface area contributed by atoms with E-state index >= 15 is 0 Å². The van der Waals surface area contributed by atoms with Gasteiger partial charge in [-0.3, -0.25) is 9.36 Å². The molecule has 0 aliphatic carbocycles. The van der Waals surface area contributed by atoms with Crippen molar-refractivity contribution < 1.29 is 5.11 Å². The minimum Gasteiger partial charge on any atom is -0.395 e. The smallest absolute Gasteiger partial charge is 0.328 e. The minimum absolute atomic E-state index is 0.0362. The molecule has 0 saturated heterocycles. The molecule has 0 spiro atoms. The average Bonchev–Trinajstić information content (AvgIpc) is 1.96. The highest BCUT2D eigenvalue weighted by atomic mass is 16.3. The van der Waals surface area contributed by atoms with Crippen molar-refractivity contribution in [3.8, 4) is 0 Å². The molecule has 0 amide bonds. The zero-order valence-corrected chi connectivity index (χ0v) is 6.70. The van der Waals surface area contributed by atoms with Crippen molar-refractivity contribution >= 4 is 0 Å². The summed E-state index contributed by atoms with van der Waals surface area (Å²) < 4.78 is 0.951. The number of H-pyrrole nitrogens is 1.